The van der Waals surface area contributed by atoms with E-state index in [9.17, 15) is 14.9 Å². The van der Waals surface area contributed by atoms with E-state index in [2.05, 4.69) is 10.3 Å². The van der Waals surface area contributed by atoms with Gasteiger partial charge in [-0.1, -0.05) is 0 Å². The number of aromatic nitrogens is 1. The lowest BCUT2D eigenvalue weighted by Crippen LogP contribution is -1.91. The standard InChI is InChI=1S/C10H7N3O4S/c14-6-11-10-12-7(5-18-10)1-2-8-3-4-9(17-8)13(15)16/h1-6H,(H,11,12,14)/b2-1+. The number of hydrogen-bond acceptors (Lipinski definition) is 6. The van der Waals surface area contributed by atoms with Crippen LogP contribution in [0.1, 0.15) is 11.5 Å². The van der Waals surface area contributed by atoms with Gasteiger partial charge >= 0.3 is 5.88 Å². The largest absolute Gasteiger partial charge is 0.433 e. The molecule has 0 saturated heterocycles. The minimum Gasteiger partial charge on any atom is -0.401 e. The molecule has 0 fully saturated rings. The van der Waals surface area contributed by atoms with Crippen LogP contribution in [0, 0.1) is 10.1 Å². The lowest BCUT2D eigenvalue weighted by Gasteiger charge is -1.86. The van der Waals surface area contributed by atoms with Gasteiger partial charge in [0.1, 0.15) is 10.7 Å². The van der Waals surface area contributed by atoms with Crippen LogP contribution in [0.4, 0.5) is 11.0 Å². The highest BCUT2D eigenvalue weighted by atomic mass is 32.1. The maximum atomic E-state index is 10.4. The molecule has 0 atom stereocenters. The Morgan fingerprint density at radius 1 is 1.44 bits per heavy atom. The summed E-state index contributed by atoms with van der Waals surface area (Å²) < 4.78 is 4.94. The van der Waals surface area contributed by atoms with Gasteiger partial charge in [-0.3, -0.25) is 14.9 Å². The minimum atomic E-state index is -0.605. The summed E-state index contributed by atoms with van der Waals surface area (Å²) >= 11 is 1.28. The van der Waals surface area contributed by atoms with Gasteiger partial charge in [0, 0.05) is 5.38 Å². The summed E-state index contributed by atoms with van der Waals surface area (Å²) in [5, 5.41) is 15.0. The van der Waals surface area contributed by atoms with Crippen molar-refractivity contribution >= 4 is 40.9 Å². The first-order valence-corrected chi connectivity index (χ1v) is 5.65. The van der Waals surface area contributed by atoms with Gasteiger partial charge in [-0.05, 0) is 18.2 Å². The van der Waals surface area contributed by atoms with Crippen molar-refractivity contribution in [2.45, 2.75) is 0 Å². The van der Waals surface area contributed by atoms with Crippen molar-refractivity contribution in [3.63, 3.8) is 0 Å². The Bertz CT molecular complexity index is 602. The summed E-state index contributed by atoms with van der Waals surface area (Å²) in [5.41, 5.74) is 0.628. The molecule has 92 valence electrons. The molecule has 0 radical (unpaired) electrons. The first-order chi connectivity index (χ1) is 8.69. The molecule has 2 aromatic heterocycles. The zero-order chi connectivity index (χ0) is 13.0. The normalized spacial score (nSPS) is 10.7. The quantitative estimate of drug-likeness (QED) is 0.508. The van der Waals surface area contributed by atoms with Crippen LogP contribution in [0.3, 0.4) is 0 Å². The van der Waals surface area contributed by atoms with Gasteiger partial charge in [0.2, 0.25) is 6.41 Å². The van der Waals surface area contributed by atoms with Crippen LogP contribution in [-0.2, 0) is 4.79 Å². The maximum Gasteiger partial charge on any atom is 0.433 e. The SMILES string of the molecule is O=CNc1nc(/C=C/c2ccc([N+](=O)[O-])o2)cs1. The van der Waals surface area contributed by atoms with Crippen LogP contribution in [0.2, 0.25) is 0 Å². The van der Waals surface area contributed by atoms with E-state index in [0.717, 1.165) is 0 Å². The number of nitrogens with zero attached hydrogens (tertiary/aromatic N) is 2. The van der Waals surface area contributed by atoms with Crippen molar-refractivity contribution < 1.29 is 14.1 Å². The van der Waals surface area contributed by atoms with Crippen LogP contribution in [0.15, 0.2) is 21.9 Å². The molecule has 0 bridgehead atoms. The smallest absolute Gasteiger partial charge is 0.401 e. The molecule has 7 nitrogen and oxygen atoms in total. The fourth-order valence-electron chi connectivity index (χ4n) is 1.18. The number of amides is 1. The third kappa shape index (κ3) is 2.80. The van der Waals surface area contributed by atoms with E-state index >= 15 is 0 Å². The van der Waals surface area contributed by atoms with Crippen molar-refractivity contribution in [1.29, 1.82) is 0 Å². The van der Waals surface area contributed by atoms with Crippen LogP contribution in [0.25, 0.3) is 12.2 Å². The summed E-state index contributed by atoms with van der Waals surface area (Å²) in [6.45, 7) is 0. The molecule has 0 aliphatic carbocycles. The molecular formula is C10H7N3O4S. The lowest BCUT2D eigenvalue weighted by molar-refractivity contribution is -0.402. The fourth-order valence-corrected chi connectivity index (χ4v) is 1.81. The van der Waals surface area contributed by atoms with Crippen molar-refractivity contribution in [3.05, 3.63) is 39.1 Å². The Hall–Kier alpha value is -2.48. The van der Waals surface area contributed by atoms with Gasteiger partial charge in [-0.2, -0.15) is 0 Å². The Kier molecular flexibility index (Phi) is 3.49. The minimum absolute atomic E-state index is 0.309. The maximum absolute atomic E-state index is 10.4. The molecule has 0 aliphatic rings. The number of rotatable bonds is 5. The Balaban J connectivity index is 2.08. The van der Waals surface area contributed by atoms with E-state index in [1.54, 1.807) is 17.5 Å². The predicted octanol–water partition coefficient (Wildman–Crippen LogP) is 2.38. The molecule has 2 aromatic rings. The second-order valence-electron chi connectivity index (χ2n) is 3.11. The van der Waals surface area contributed by atoms with Crippen molar-refractivity contribution in [2.75, 3.05) is 5.32 Å². The number of nitro groups is 1. The highest BCUT2D eigenvalue weighted by Crippen LogP contribution is 2.19. The van der Waals surface area contributed by atoms with Crippen LogP contribution < -0.4 is 5.32 Å². The first-order valence-electron chi connectivity index (χ1n) is 4.77. The molecule has 18 heavy (non-hydrogen) atoms. The zero-order valence-electron chi connectivity index (χ0n) is 8.90. The summed E-state index contributed by atoms with van der Waals surface area (Å²) in [7, 11) is 0. The molecule has 0 aliphatic heterocycles. The van der Waals surface area contributed by atoms with Crippen LogP contribution in [-0.4, -0.2) is 16.3 Å². The Morgan fingerprint density at radius 3 is 2.94 bits per heavy atom. The highest BCUT2D eigenvalue weighted by molar-refractivity contribution is 7.14. The zero-order valence-corrected chi connectivity index (χ0v) is 9.72. The average Bonchev–Trinajstić information content (AvgIpc) is 2.95. The summed E-state index contributed by atoms with van der Waals surface area (Å²) in [6, 6.07) is 2.77. The number of thiazole rings is 1. The van der Waals surface area contributed by atoms with E-state index in [1.165, 1.54) is 23.5 Å². The first kappa shape index (κ1) is 12.0. The number of hydrogen-bond donors (Lipinski definition) is 1. The molecule has 2 heterocycles. The number of nitrogens with one attached hydrogen (secondary N) is 1. The van der Waals surface area contributed by atoms with Gasteiger partial charge in [0.05, 0.1) is 11.8 Å². The topological polar surface area (TPSA) is 98.3 Å². The number of anilines is 1. The molecule has 8 heteroatoms. The molecule has 0 aromatic carbocycles. The molecule has 2 rings (SSSR count). The van der Waals surface area contributed by atoms with E-state index in [1.807, 2.05) is 0 Å². The molecular weight excluding hydrogens is 258 g/mol. The Morgan fingerprint density at radius 2 is 2.28 bits per heavy atom. The fraction of sp³-hybridized carbons (Fsp3) is 0. The summed E-state index contributed by atoms with van der Waals surface area (Å²) in [6.07, 6.45) is 3.74. The van der Waals surface area contributed by atoms with Gasteiger partial charge in [0.15, 0.2) is 5.13 Å². The van der Waals surface area contributed by atoms with Gasteiger partial charge in [-0.15, -0.1) is 11.3 Å². The third-order valence-corrected chi connectivity index (χ3v) is 2.71. The monoisotopic (exact) mass is 265 g/mol. The Labute approximate surface area is 105 Å². The van der Waals surface area contributed by atoms with Crippen LogP contribution in [0.5, 0.6) is 0 Å². The van der Waals surface area contributed by atoms with E-state index in [0.29, 0.717) is 23.0 Å². The molecule has 0 unspecified atom stereocenters. The van der Waals surface area contributed by atoms with Crippen molar-refractivity contribution in [2.24, 2.45) is 0 Å². The number of carbonyl (C=O) groups excluding carboxylic acids is 1. The molecule has 1 N–H and O–H groups in total. The third-order valence-electron chi connectivity index (χ3n) is 1.92. The second kappa shape index (κ2) is 5.23. The lowest BCUT2D eigenvalue weighted by atomic mass is 10.3. The van der Waals surface area contributed by atoms with Gasteiger partial charge in [-0.25, -0.2) is 4.98 Å². The van der Waals surface area contributed by atoms with Crippen molar-refractivity contribution in [1.82, 2.24) is 4.98 Å². The average molecular weight is 265 g/mol. The number of carbonyl (C=O) groups is 1. The molecule has 1 amide bonds. The van der Waals surface area contributed by atoms with E-state index in [-0.39, 0.29) is 5.88 Å². The van der Waals surface area contributed by atoms with Crippen molar-refractivity contribution in [3.8, 4) is 0 Å². The number of furan rings is 1. The summed E-state index contributed by atoms with van der Waals surface area (Å²) in [5.74, 6) is 0.0517. The second-order valence-corrected chi connectivity index (χ2v) is 3.96. The highest BCUT2D eigenvalue weighted by Gasteiger charge is 2.09. The van der Waals surface area contributed by atoms with E-state index in [4.69, 9.17) is 4.42 Å². The van der Waals surface area contributed by atoms with Crippen LogP contribution >= 0.6 is 11.3 Å². The predicted molar refractivity (Wildman–Crippen MR) is 66.1 cm³/mol. The van der Waals surface area contributed by atoms with Gasteiger partial charge < -0.3 is 9.73 Å². The molecule has 0 spiro atoms. The summed E-state index contributed by atoms with van der Waals surface area (Å²) in [4.78, 5) is 24.1. The molecule has 0 saturated carbocycles. The van der Waals surface area contributed by atoms with E-state index < -0.39 is 4.92 Å². The van der Waals surface area contributed by atoms with Gasteiger partial charge in [0.25, 0.3) is 0 Å².